The van der Waals surface area contributed by atoms with Crippen LogP contribution in [-0.4, -0.2) is 77.0 Å². The van der Waals surface area contributed by atoms with Crippen molar-refractivity contribution in [2.45, 2.75) is 30.5 Å². The fraction of sp³-hybridized carbons (Fsp3) is 0.550. The molecule has 10 heteroatoms. The van der Waals surface area contributed by atoms with Crippen LogP contribution in [0.2, 0.25) is 0 Å². The van der Waals surface area contributed by atoms with Crippen molar-refractivity contribution in [3.63, 3.8) is 0 Å². The molecule has 0 aromatic heterocycles. The number of benzene rings is 1. The summed E-state index contributed by atoms with van der Waals surface area (Å²) in [4.78, 5) is 42.8. The lowest BCUT2D eigenvalue weighted by molar-refractivity contribution is -0.140. The fourth-order valence-corrected chi connectivity index (χ4v) is 5.74. The summed E-state index contributed by atoms with van der Waals surface area (Å²) in [5, 5.41) is 6.61. The topological polar surface area (TPSA) is 85.0 Å². The lowest BCUT2D eigenvalue weighted by atomic mass is 9.96. The summed E-state index contributed by atoms with van der Waals surface area (Å²) in [5.74, 6) is -0.303. The SMILES string of the molecule is CN1C(=O)C2C(SCC(=O)N3CCCC3)NC(c3ccc(Br)cc3)NC2N(C)C1=O. The highest BCUT2D eigenvalue weighted by molar-refractivity contribution is 9.10. The summed E-state index contributed by atoms with van der Waals surface area (Å²) in [7, 11) is 3.21. The number of rotatable bonds is 4. The van der Waals surface area contributed by atoms with Crippen LogP contribution in [-0.2, 0) is 9.59 Å². The highest BCUT2D eigenvalue weighted by Gasteiger charge is 2.51. The van der Waals surface area contributed by atoms with Gasteiger partial charge in [0.25, 0.3) is 0 Å². The number of likely N-dealkylation sites (tertiary alicyclic amines) is 1. The van der Waals surface area contributed by atoms with Gasteiger partial charge in [-0.2, -0.15) is 0 Å². The predicted octanol–water partition coefficient (Wildman–Crippen LogP) is 1.79. The van der Waals surface area contributed by atoms with Crippen molar-refractivity contribution in [2.75, 3.05) is 32.9 Å². The van der Waals surface area contributed by atoms with E-state index in [1.807, 2.05) is 29.2 Å². The zero-order valence-electron chi connectivity index (χ0n) is 17.0. The molecule has 3 fully saturated rings. The Hall–Kier alpha value is -1.62. The molecule has 3 saturated heterocycles. The molecule has 3 aliphatic rings. The Kier molecular flexibility index (Phi) is 6.38. The zero-order valence-corrected chi connectivity index (χ0v) is 19.4. The van der Waals surface area contributed by atoms with Crippen molar-refractivity contribution in [1.82, 2.24) is 25.3 Å². The van der Waals surface area contributed by atoms with Crippen LogP contribution >= 0.6 is 27.7 Å². The molecule has 30 heavy (non-hydrogen) atoms. The molecule has 0 radical (unpaired) electrons. The second-order valence-corrected chi connectivity index (χ2v) is 9.94. The third-order valence-electron chi connectivity index (χ3n) is 6.00. The van der Waals surface area contributed by atoms with Crippen LogP contribution in [0.15, 0.2) is 28.7 Å². The number of urea groups is 1. The van der Waals surface area contributed by atoms with Crippen LogP contribution in [0.5, 0.6) is 0 Å². The summed E-state index contributed by atoms with van der Waals surface area (Å²) in [6, 6.07) is 7.56. The van der Waals surface area contributed by atoms with Crippen LogP contribution in [0.4, 0.5) is 4.79 Å². The fourth-order valence-electron chi connectivity index (χ4n) is 4.27. The number of halogens is 1. The molecular formula is C20H26BrN5O3S. The summed E-state index contributed by atoms with van der Waals surface area (Å²) < 4.78 is 0.976. The molecule has 2 N–H and O–H groups in total. The summed E-state index contributed by atoms with van der Waals surface area (Å²) >= 11 is 4.90. The van der Waals surface area contributed by atoms with E-state index in [4.69, 9.17) is 0 Å². The number of thioether (sulfide) groups is 1. The van der Waals surface area contributed by atoms with Crippen LogP contribution in [0.25, 0.3) is 0 Å². The van der Waals surface area contributed by atoms with E-state index in [2.05, 4.69) is 26.6 Å². The van der Waals surface area contributed by atoms with E-state index < -0.39 is 12.1 Å². The van der Waals surface area contributed by atoms with E-state index in [0.717, 1.165) is 36.0 Å². The van der Waals surface area contributed by atoms with Crippen LogP contribution < -0.4 is 10.6 Å². The average molecular weight is 496 g/mol. The Balaban J connectivity index is 1.56. The van der Waals surface area contributed by atoms with Gasteiger partial charge in [0, 0.05) is 31.7 Å². The molecule has 4 amide bonds. The van der Waals surface area contributed by atoms with Crippen molar-refractivity contribution < 1.29 is 14.4 Å². The number of amides is 4. The zero-order chi connectivity index (χ0) is 21.4. The molecule has 4 rings (SSSR count). The number of carbonyl (C=O) groups excluding carboxylic acids is 3. The number of hydrogen-bond donors (Lipinski definition) is 2. The van der Waals surface area contributed by atoms with E-state index in [0.29, 0.717) is 5.75 Å². The Labute approximate surface area is 188 Å². The Morgan fingerprint density at radius 2 is 1.80 bits per heavy atom. The molecule has 0 saturated carbocycles. The largest absolute Gasteiger partial charge is 0.342 e. The molecule has 8 nitrogen and oxygen atoms in total. The van der Waals surface area contributed by atoms with Gasteiger partial charge in [-0.15, -0.1) is 11.8 Å². The Morgan fingerprint density at radius 1 is 1.13 bits per heavy atom. The van der Waals surface area contributed by atoms with E-state index in [1.54, 1.807) is 11.9 Å². The van der Waals surface area contributed by atoms with Gasteiger partial charge in [0.2, 0.25) is 11.8 Å². The second-order valence-electron chi connectivity index (χ2n) is 7.90. The molecule has 0 aliphatic carbocycles. The van der Waals surface area contributed by atoms with Gasteiger partial charge in [0.05, 0.1) is 29.4 Å². The van der Waals surface area contributed by atoms with Gasteiger partial charge in [-0.1, -0.05) is 28.1 Å². The molecule has 1 aromatic rings. The van der Waals surface area contributed by atoms with Crippen LogP contribution in [0, 0.1) is 5.92 Å². The van der Waals surface area contributed by atoms with Crippen molar-refractivity contribution >= 4 is 45.5 Å². The summed E-state index contributed by atoms with van der Waals surface area (Å²) in [6.07, 6.45) is 1.41. The van der Waals surface area contributed by atoms with Gasteiger partial charge < -0.3 is 9.80 Å². The number of imide groups is 1. The van der Waals surface area contributed by atoms with Crippen molar-refractivity contribution in [1.29, 1.82) is 0 Å². The normalized spacial score (nSPS) is 29.4. The third kappa shape index (κ3) is 4.10. The maximum absolute atomic E-state index is 13.0. The van der Waals surface area contributed by atoms with Crippen LogP contribution in [0.3, 0.4) is 0 Å². The lowest BCUT2D eigenvalue weighted by Gasteiger charge is -2.50. The highest BCUT2D eigenvalue weighted by atomic mass is 79.9. The van der Waals surface area contributed by atoms with Gasteiger partial charge in [-0.3, -0.25) is 25.1 Å². The lowest BCUT2D eigenvalue weighted by Crippen LogP contribution is -2.72. The summed E-state index contributed by atoms with van der Waals surface area (Å²) in [6.45, 7) is 1.62. The van der Waals surface area contributed by atoms with E-state index in [9.17, 15) is 14.4 Å². The van der Waals surface area contributed by atoms with Crippen molar-refractivity contribution in [2.24, 2.45) is 5.92 Å². The van der Waals surface area contributed by atoms with Crippen LogP contribution in [0.1, 0.15) is 24.6 Å². The first kappa shape index (κ1) is 21.6. The Morgan fingerprint density at radius 3 is 2.47 bits per heavy atom. The minimum atomic E-state index is -0.485. The van der Waals surface area contributed by atoms with Crippen molar-refractivity contribution in [3.8, 4) is 0 Å². The minimum absolute atomic E-state index is 0.107. The molecular weight excluding hydrogens is 470 g/mol. The van der Waals surface area contributed by atoms with E-state index in [-0.39, 0.29) is 29.4 Å². The van der Waals surface area contributed by atoms with Gasteiger partial charge in [0.1, 0.15) is 0 Å². The number of hydrogen-bond acceptors (Lipinski definition) is 6. The predicted molar refractivity (Wildman–Crippen MR) is 118 cm³/mol. The van der Waals surface area contributed by atoms with Crippen molar-refractivity contribution in [3.05, 3.63) is 34.3 Å². The molecule has 162 valence electrons. The number of nitrogens with one attached hydrogen (secondary N) is 2. The summed E-state index contributed by atoms with van der Waals surface area (Å²) in [5.41, 5.74) is 1.00. The molecule has 3 heterocycles. The monoisotopic (exact) mass is 495 g/mol. The maximum atomic E-state index is 13.0. The highest BCUT2D eigenvalue weighted by Crippen LogP contribution is 2.34. The molecule has 4 unspecified atom stereocenters. The molecule has 3 aliphatic heterocycles. The molecule has 0 spiro atoms. The van der Waals surface area contributed by atoms with Gasteiger partial charge in [-0.05, 0) is 30.5 Å². The number of nitrogens with zero attached hydrogens (tertiary/aromatic N) is 3. The average Bonchev–Trinajstić information content (AvgIpc) is 3.29. The smallest absolute Gasteiger partial charge is 0.327 e. The molecule has 4 atom stereocenters. The minimum Gasteiger partial charge on any atom is -0.342 e. The number of fused-ring (bicyclic) bond motifs is 1. The van der Waals surface area contributed by atoms with Gasteiger partial charge >= 0.3 is 6.03 Å². The van der Waals surface area contributed by atoms with E-state index >= 15 is 0 Å². The first-order chi connectivity index (χ1) is 14.4. The standard InChI is InChI=1S/C20H26BrN5O3S/c1-24-17-15(19(28)25(2)20(24)29)18(30-11-14(27)26-9-3-4-10-26)23-16(22-17)12-5-7-13(21)8-6-12/h5-8,15-18,22-23H,3-4,9-11H2,1-2H3. The molecule has 1 aromatic carbocycles. The quantitative estimate of drug-likeness (QED) is 0.662. The number of carbonyl (C=O) groups is 3. The first-order valence-corrected chi connectivity index (χ1v) is 11.9. The van der Waals surface area contributed by atoms with E-state index in [1.165, 1.54) is 23.7 Å². The Bertz CT molecular complexity index is 832. The van der Waals surface area contributed by atoms with Gasteiger partial charge in [0.15, 0.2) is 0 Å². The third-order valence-corrected chi connectivity index (χ3v) is 7.74. The molecule has 0 bridgehead atoms. The van der Waals surface area contributed by atoms with Gasteiger partial charge in [-0.25, -0.2) is 4.79 Å². The maximum Gasteiger partial charge on any atom is 0.327 e. The second kappa shape index (κ2) is 8.86. The first-order valence-electron chi connectivity index (χ1n) is 10.1.